The Kier molecular flexibility index (Phi) is 4.74. The number of anilines is 1. The van der Waals surface area contributed by atoms with Gasteiger partial charge < -0.3 is 9.47 Å². The van der Waals surface area contributed by atoms with Crippen molar-refractivity contribution in [2.45, 2.75) is 19.3 Å². The minimum absolute atomic E-state index is 0.0424. The predicted octanol–water partition coefficient (Wildman–Crippen LogP) is 3.39. The summed E-state index contributed by atoms with van der Waals surface area (Å²) in [5.41, 5.74) is 1.48. The fourth-order valence-electron chi connectivity index (χ4n) is 3.26. The minimum Gasteiger partial charge on any atom is -0.497 e. The normalized spacial score (nSPS) is 18.4. The van der Waals surface area contributed by atoms with Gasteiger partial charge in [0.25, 0.3) is 0 Å². The molecule has 2 aromatic carbocycles. The van der Waals surface area contributed by atoms with Crippen molar-refractivity contribution in [3.63, 3.8) is 0 Å². The SMILES string of the molecule is COc1ccc(OC)c(N2C(=O)C[C@H]([C@@H](C)c3ccccc3)C2=O)c1. The Morgan fingerprint density at radius 3 is 2.40 bits per heavy atom. The van der Waals surface area contributed by atoms with Crippen LogP contribution in [-0.2, 0) is 9.59 Å². The highest BCUT2D eigenvalue weighted by Crippen LogP contribution is 2.40. The van der Waals surface area contributed by atoms with Gasteiger partial charge >= 0.3 is 0 Å². The summed E-state index contributed by atoms with van der Waals surface area (Å²) in [5, 5.41) is 0. The van der Waals surface area contributed by atoms with Gasteiger partial charge in [-0.05, 0) is 23.6 Å². The molecule has 0 aromatic heterocycles. The molecule has 2 amide bonds. The number of amides is 2. The van der Waals surface area contributed by atoms with E-state index in [1.165, 1.54) is 12.0 Å². The second-order valence-corrected chi connectivity index (χ2v) is 6.12. The molecule has 1 saturated heterocycles. The van der Waals surface area contributed by atoms with Crippen molar-refractivity contribution in [2.75, 3.05) is 19.1 Å². The lowest BCUT2D eigenvalue weighted by Gasteiger charge is -2.21. The van der Waals surface area contributed by atoms with Gasteiger partial charge in [-0.15, -0.1) is 0 Å². The van der Waals surface area contributed by atoms with Crippen molar-refractivity contribution >= 4 is 17.5 Å². The maximum Gasteiger partial charge on any atom is 0.238 e. The quantitative estimate of drug-likeness (QED) is 0.784. The molecule has 0 bridgehead atoms. The number of hydrogen-bond acceptors (Lipinski definition) is 4. The molecule has 130 valence electrons. The summed E-state index contributed by atoms with van der Waals surface area (Å²) in [5.74, 6) is 0.189. The lowest BCUT2D eigenvalue weighted by molar-refractivity contribution is -0.122. The standard InChI is InChI=1S/C20H21NO4/c1-13(14-7-5-4-6-8-14)16-12-19(22)21(20(16)23)17-11-15(24-2)9-10-18(17)25-3/h4-11,13,16H,12H2,1-3H3/t13-,16+/m0/s1. The first-order valence-corrected chi connectivity index (χ1v) is 8.20. The molecule has 1 aliphatic rings. The number of hydrogen-bond donors (Lipinski definition) is 0. The van der Waals surface area contributed by atoms with Crippen LogP contribution >= 0.6 is 0 Å². The molecule has 0 spiro atoms. The van der Waals surface area contributed by atoms with Gasteiger partial charge in [0, 0.05) is 12.5 Å². The van der Waals surface area contributed by atoms with Crippen LogP contribution in [0.25, 0.3) is 0 Å². The van der Waals surface area contributed by atoms with Crippen molar-refractivity contribution in [2.24, 2.45) is 5.92 Å². The Labute approximate surface area is 147 Å². The van der Waals surface area contributed by atoms with Gasteiger partial charge in [0.1, 0.15) is 11.5 Å². The third-order valence-electron chi connectivity index (χ3n) is 4.74. The number of methoxy groups -OCH3 is 2. The van der Waals surface area contributed by atoms with Gasteiger partial charge in [-0.1, -0.05) is 37.3 Å². The van der Waals surface area contributed by atoms with Gasteiger partial charge in [0.2, 0.25) is 11.8 Å². The van der Waals surface area contributed by atoms with Crippen LogP contribution in [0.3, 0.4) is 0 Å². The van der Waals surface area contributed by atoms with Crippen LogP contribution in [0.4, 0.5) is 5.69 Å². The average Bonchev–Trinajstić information content (AvgIpc) is 2.95. The number of rotatable bonds is 5. The number of imide groups is 1. The largest absolute Gasteiger partial charge is 0.497 e. The molecule has 0 aliphatic carbocycles. The van der Waals surface area contributed by atoms with Crippen LogP contribution in [0.2, 0.25) is 0 Å². The molecule has 1 aliphatic heterocycles. The molecular weight excluding hydrogens is 318 g/mol. The maximum atomic E-state index is 13.0. The van der Waals surface area contributed by atoms with Crippen LogP contribution in [0.1, 0.15) is 24.8 Å². The molecule has 25 heavy (non-hydrogen) atoms. The smallest absolute Gasteiger partial charge is 0.238 e. The number of ether oxygens (including phenoxy) is 2. The molecule has 0 N–H and O–H groups in total. The van der Waals surface area contributed by atoms with Gasteiger partial charge in [0.05, 0.1) is 25.8 Å². The summed E-state index contributed by atoms with van der Waals surface area (Å²) in [7, 11) is 3.06. The Morgan fingerprint density at radius 1 is 1.04 bits per heavy atom. The van der Waals surface area contributed by atoms with Crippen molar-refractivity contribution in [3.05, 3.63) is 54.1 Å². The molecule has 0 saturated carbocycles. The van der Waals surface area contributed by atoms with Gasteiger partial charge in [-0.2, -0.15) is 0 Å². The van der Waals surface area contributed by atoms with Crippen molar-refractivity contribution < 1.29 is 19.1 Å². The summed E-state index contributed by atoms with van der Waals surface area (Å²) in [6, 6.07) is 14.9. The van der Waals surface area contributed by atoms with Gasteiger partial charge in [-0.3, -0.25) is 9.59 Å². The Morgan fingerprint density at radius 2 is 1.76 bits per heavy atom. The second-order valence-electron chi connectivity index (χ2n) is 6.12. The van der Waals surface area contributed by atoms with Crippen LogP contribution in [0, 0.1) is 5.92 Å². The van der Waals surface area contributed by atoms with E-state index in [0.717, 1.165) is 5.56 Å². The molecule has 2 aromatic rings. The topological polar surface area (TPSA) is 55.8 Å². The highest BCUT2D eigenvalue weighted by Gasteiger charge is 2.43. The Bertz CT molecular complexity index is 788. The third kappa shape index (κ3) is 3.09. The number of benzene rings is 2. The van der Waals surface area contributed by atoms with Crippen molar-refractivity contribution in [1.82, 2.24) is 0 Å². The van der Waals surface area contributed by atoms with E-state index in [1.807, 2.05) is 37.3 Å². The zero-order chi connectivity index (χ0) is 18.0. The van der Waals surface area contributed by atoms with E-state index >= 15 is 0 Å². The highest BCUT2D eigenvalue weighted by atomic mass is 16.5. The Balaban J connectivity index is 1.95. The molecule has 0 radical (unpaired) electrons. The maximum absolute atomic E-state index is 13.0. The van der Waals surface area contributed by atoms with Crippen LogP contribution < -0.4 is 14.4 Å². The van der Waals surface area contributed by atoms with E-state index < -0.39 is 0 Å². The zero-order valence-corrected chi connectivity index (χ0v) is 14.6. The predicted molar refractivity (Wildman–Crippen MR) is 95.0 cm³/mol. The van der Waals surface area contributed by atoms with E-state index in [4.69, 9.17) is 9.47 Å². The molecular formula is C20H21NO4. The van der Waals surface area contributed by atoms with E-state index in [-0.39, 0.29) is 30.1 Å². The summed E-state index contributed by atoms with van der Waals surface area (Å²) in [6.07, 6.45) is 0.190. The summed E-state index contributed by atoms with van der Waals surface area (Å²) < 4.78 is 10.6. The number of carbonyl (C=O) groups excluding carboxylic acids is 2. The van der Waals surface area contributed by atoms with Crippen molar-refractivity contribution in [1.29, 1.82) is 0 Å². The molecule has 1 heterocycles. The molecule has 2 atom stereocenters. The fourth-order valence-corrected chi connectivity index (χ4v) is 3.26. The van der Waals surface area contributed by atoms with Crippen LogP contribution in [-0.4, -0.2) is 26.0 Å². The lowest BCUT2D eigenvalue weighted by atomic mass is 9.86. The van der Waals surface area contributed by atoms with E-state index in [2.05, 4.69) is 0 Å². The zero-order valence-electron chi connectivity index (χ0n) is 14.6. The summed E-state index contributed by atoms with van der Waals surface area (Å²) >= 11 is 0. The van der Waals surface area contributed by atoms with E-state index in [9.17, 15) is 9.59 Å². The van der Waals surface area contributed by atoms with Crippen LogP contribution in [0.15, 0.2) is 48.5 Å². The first-order chi connectivity index (χ1) is 12.1. The first-order valence-electron chi connectivity index (χ1n) is 8.20. The average molecular weight is 339 g/mol. The monoisotopic (exact) mass is 339 g/mol. The summed E-state index contributed by atoms with van der Waals surface area (Å²) in [4.78, 5) is 26.8. The van der Waals surface area contributed by atoms with Gasteiger partial charge in [0.15, 0.2) is 0 Å². The number of carbonyl (C=O) groups is 2. The highest BCUT2D eigenvalue weighted by molar-refractivity contribution is 6.22. The number of nitrogens with zero attached hydrogens (tertiary/aromatic N) is 1. The van der Waals surface area contributed by atoms with Crippen molar-refractivity contribution in [3.8, 4) is 11.5 Å². The third-order valence-corrected chi connectivity index (χ3v) is 4.74. The molecule has 0 unspecified atom stereocenters. The minimum atomic E-state index is -0.384. The summed E-state index contributed by atoms with van der Waals surface area (Å²) in [6.45, 7) is 1.98. The second kappa shape index (κ2) is 6.97. The molecule has 1 fully saturated rings. The molecule has 3 rings (SSSR count). The molecule has 5 nitrogen and oxygen atoms in total. The first kappa shape index (κ1) is 17.0. The van der Waals surface area contributed by atoms with Gasteiger partial charge in [-0.25, -0.2) is 4.90 Å². The lowest BCUT2D eigenvalue weighted by Crippen LogP contribution is -2.31. The Hall–Kier alpha value is -2.82. The van der Waals surface area contributed by atoms with Crippen LogP contribution in [0.5, 0.6) is 11.5 Å². The van der Waals surface area contributed by atoms with E-state index in [1.54, 1.807) is 25.3 Å². The molecule has 5 heteroatoms. The fraction of sp³-hybridized carbons (Fsp3) is 0.300. The van der Waals surface area contributed by atoms with E-state index in [0.29, 0.717) is 17.2 Å².